The van der Waals surface area contributed by atoms with E-state index in [1.165, 1.54) is 16.7 Å². The summed E-state index contributed by atoms with van der Waals surface area (Å²) >= 11 is 0. The van der Waals surface area contributed by atoms with Gasteiger partial charge in [-0.1, -0.05) is 0 Å². The number of rotatable bonds is 3. The monoisotopic (exact) mass is 233 g/mol. The fraction of sp³-hybridized carbons (Fsp3) is 0.182. The number of hydrogen-bond donors (Lipinski definition) is 1. The van der Waals surface area contributed by atoms with Crippen molar-refractivity contribution in [3.63, 3.8) is 0 Å². The number of carbonyl (C=O) groups is 1. The first kappa shape index (κ1) is 11.1. The van der Waals surface area contributed by atoms with Gasteiger partial charge in [-0.05, 0) is 12.1 Å². The van der Waals surface area contributed by atoms with Crippen LogP contribution in [0.2, 0.25) is 0 Å². The zero-order valence-electron chi connectivity index (χ0n) is 9.20. The molecule has 0 amide bonds. The van der Waals surface area contributed by atoms with E-state index >= 15 is 0 Å². The summed E-state index contributed by atoms with van der Waals surface area (Å²) in [5, 5.41) is 8.84. The molecule has 0 aliphatic heterocycles. The molecule has 0 bridgehead atoms. The van der Waals surface area contributed by atoms with E-state index in [9.17, 15) is 9.59 Å². The number of carboxylic acid groups (broad SMARTS) is 1. The Labute approximate surface area is 96.8 Å². The fourth-order valence-corrected chi connectivity index (χ4v) is 1.53. The minimum Gasteiger partial charge on any atom is -0.477 e. The number of aromatic nitrogens is 3. The van der Waals surface area contributed by atoms with Crippen molar-refractivity contribution in [3.05, 3.63) is 52.5 Å². The van der Waals surface area contributed by atoms with Gasteiger partial charge in [-0.25, -0.2) is 9.78 Å². The Morgan fingerprint density at radius 1 is 1.47 bits per heavy atom. The predicted octanol–water partition coefficient (Wildman–Crippen LogP) is 0.328. The van der Waals surface area contributed by atoms with Crippen LogP contribution in [0.25, 0.3) is 0 Å². The van der Waals surface area contributed by atoms with Crippen LogP contribution in [0.4, 0.5) is 0 Å². The van der Waals surface area contributed by atoms with Crippen LogP contribution in [0, 0.1) is 0 Å². The molecule has 0 aliphatic carbocycles. The van der Waals surface area contributed by atoms with Gasteiger partial charge in [0.2, 0.25) is 0 Å². The van der Waals surface area contributed by atoms with Crippen LogP contribution >= 0.6 is 0 Å². The van der Waals surface area contributed by atoms with Gasteiger partial charge in [-0.2, -0.15) is 0 Å². The Hall–Kier alpha value is -2.37. The van der Waals surface area contributed by atoms with Crippen molar-refractivity contribution in [3.8, 4) is 0 Å². The van der Waals surface area contributed by atoms with Gasteiger partial charge in [0.1, 0.15) is 11.4 Å². The normalized spacial score (nSPS) is 10.4. The molecule has 0 aliphatic rings. The molecule has 2 aromatic rings. The summed E-state index contributed by atoms with van der Waals surface area (Å²) in [6.45, 7) is 0.253. The van der Waals surface area contributed by atoms with Crippen LogP contribution in [0.15, 0.2) is 35.5 Å². The maximum absolute atomic E-state index is 11.8. The Bertz CT molecular complexity index is 612. The van der Waals surface area contributed by atoms with Crippen molar-refractivity contribution in [1.29, 1.82) is 0 Å². The molecular weight excluding hydrogens is 222 g/mol. The largest absolute Gasteiger partial charge is 0.477 e. The third-order valence-corrected chi connectivity index (χ3v) is 2.48. The highest BCUT2D eigenvalue weighted by Gasteiger charge is 2.11. The Balaban J connectivity index is 2.41. The van der Waals surface area contributed by atoms with Gasteiger partial charge in [0.15, 0.2) is 0 Å². The van der Waals surface area contributed by atoms with Crippen LogP contribution < -0.4 is 5.56 Å². The number of pyridine rings is 1. The lowest BCUT2D eigenvalue weighted by Gasteiger charge is -2.06. The lowest BCUT2D eigenvalue weighted by Crippen LogP contribution is -2.26. The molecule has 0 saturated heterocycles. The molecule has 0 saturated carbocycles. The van der Waals surface area contributed by atoms with Gasteiger partial charge in [-0.3, -0.25) is 4.79 Å². The Morgan fingerprint density at radius 2 is 2.24 bits per heavy atom. The summed E-state index contributed by atoms with van der Waals surface area (Å²) < 4.78 is 3.10. The van der Waals surface area contributed by atoms with Crippen LogP contribution in [-0.4, -0.2) is 25.2 Å². The van der Waals surface area contributed by atoms with Crippen LogP contribution in [0.5, 0.6) is 0 Å². The highest BCUT2D eigenvalue weighted by Crippen LogP contribution is 1.98. The zero-order chi connectivity index (χ0) is 12.4. The lowest BCUT2D eigenvalue weighted by molar-refractivity contribution is 0.0694. The van der Waals surface area contributed by atoms with Crippen LogP contribution in [0.1, 0.15) is 16.2 Å². The third-order valence-electron chi connectivity index (χ3n) is 2.48. The van der Waals surface area contributed by atoms with Gasteiger partial charge in [0.25, 0.3) is 5.56 Å². The number of aromatic carboxylic acids is 1. The number of aryl methyl sites for hydroxylation is 1. The van der Waals surface area contributed by atoms with E-state index in [2.05, 4.69) is 4.98 Å². The molecule has 6 nitrogen and oxygen atoms in total. The molecule has 0 spiro atoms. The van der Waals surface area contributed by atoms with Crippen molar-refractivity contribution in [2.24, 2.45) is 7.05 Å². The number of carboxylic acids is 1. The van der Waals surface area contributed by atoms with E-state index in [0.717, 1.165) is 0 Å². The summed E-state index contributed by atoms with van der Waals surface area (Å²) in [6.07, 6.45) is 4.94. The first-order valence-corrected chi connectivity index (χ1v) is 4.98. The molecule has 17 heavy (non-hydrogen) atoms. The van der Waals surface area contributed by atoms with Crippen LogP contribution in [-0.2, 0) is 13.6 Å². The second-order valence-corrected chi connectivity index (χ2v) is 3.61. The molecule has 6 heteroatoms. The van der Waals surface area contributed by atoms with E-state index in [4.69, 9.17) is 5.11 Å². The van der Waals surface area contributed by atoms with Crippen molar-refractivity contribution < 1.29 is 9.90 Å². The van der Waals surface area contributed by atoms with E-state index in [1.54, 1.807) is 23.2 Å². The maximum atomic E-state index is 11.8. The highest BCUT2D eigenvalue weighted by molar-refractivity contribution is 5.86. The summed E-state index contributed by atoms with van der Waals surface area (Å²) in [5.74, 6) is -0.529. The van der Waals surface area contributed by atoms with E-state index in [-0.39, 0.29) is 12.1 Å². The second-order valence-electron chi connectivity index (χ2n) is 3.61. The van der Waals surface area contributed by atoms with Gasteiger partial charge in [0, 0.05) is 25.6 Å². The van der Waals surface area contributed by atoms with Crippen molar-refractivity contribution in [2.75, 3.05) is 0 Å². The molecule has 0 aromatic carbocycles. The second kappa shape index (κ2) is 4.25. The summed E-state index contributed by atoms with van der Waals surface area (Å²) in [7, 11) is 1.81. The molecule has 0 unspecified atom stereocenters. The summed E-state index contributed by atoms with van der Waals surface area (Å²) in [5.41, 5.74) is -0.760. The number of imidazole rings is 1. The predicted molar refractivity (Wildman–Crippen MR) is 60.0 cm³/mol. The Kier molecular flexibility index (Phi) is 2.78. The minimum atomic E-state index is -1.22. The molecule has 2 heterocycles. The first-order chi connectivity index (χ1) is 8.09. The standard InChI is InChI=1S/C11H11N3O3/c1-13-6-4-12-9(13)7-14-5-2-3-8(10(14)15)11(16)17/h2-6H,7H2,1H3,(H,16,17). The molecular formula is C11H11N3O3. The number of nitrogens with zero attached hydrogens (tertiary/aromatic N) is 3. The van der Waals surface area contributed by atoms with Crippen molar-refractivity contribution >= 4 is 5.97 Å². The topological polar surface area (TPSA) is 77.1 Å². The maximum Gasteiger partial charge on any atom is 0.341 e. The zero-order valence-corrected chi connectivity index (χ0v) is 9.20. The molecule has 1 N–H and O–H groups in total. The fourth-order valence-electron chi connectivity index (χ4n) is 1.53. The third kappa shape index (κ3) is 2.10. The van der Waals surface area contributed by atoms with Crippen molar-refractivity contribution in [2.45, 2.75) is 6.54 Å². The van der Waals surface area contributed by atoms with E-state index in [0.29, 0.717) is 5.82 Å². The van der Waals surface area contributed by atoms with Gasteiger partial charge < -0.3 is 14.2 Å². The number of hydrogen-bond acceptors (Lipinski definition) is 3. The highest BCUT2D eigenvalue weighted by atomic mass is 16.4. The van der Waals surface area contributed by atoms with E-state index < -0.39 is 11.5 Å². The minimum absolute atomic E-state index is 0.235. The molecule has 0 atom stereocenters. The SMILES string of the molecule is Cn1ccnc1Cn1cccc(C(=O)O)c1=O. The average Bonchev–Trinajstić information content (AvgIpc) is 2.67. The van der Waals surface area contributed by atoms with Gasteiger partial charge in [0.05, 0.1) is 6.54 Å². The molecule has 2 rings (SSSR count). The van der Waals surface area contributed by atoms with Crippen molar-refractivity contribution in [1.82, 2.24) is 14.1 Å². The van der Waals surface area contributed by atoms with Gasteiger partial charge >= 0.3 is 5.97 Å². The summed E-state index contributed by atoms with van der Waals surface area (Å²) in [6, 6.07) is 2.83. The molecule has 0 radical (unpaired) electrons. The lowest BCUT2D eigenvalue weighted by atomic mass is 10.3. The molecule has 0 fully saturated rings. The van der Waals surface area contributed by atoms with E-state index in [1.807, 2.05) is 7.05 Å². The van der Waals surface area contributed by atoms with Gasteiger partial charge in [-0.15, -0.1) is 0 Å². The quantitative estimate of drug-likeness (QED) is 0.828. The average molecular weight is 233 g/mol. The summed E-state index contributed by atoms with van der Waals surface area (Å²) in [4.78, 5) is 26.7. The molecule has 88 valence electrons. The smallest absolute Gasteiger partial charge is 0.341 e. The molecule has 2 aromatic heterocycles. The Morgan fingerprint density at radius 3 is 2.82 bits per heavy atom. The van der Waals surface area contributed by atoms with Crippen LogP contribution in [0.3, 0.4) is 0 Å². The first-order valence-electron chi connectivity index (χ1n) is 4.98.